The molecule has 0 saturated carbocycles. The van der Waals surface area contributed by atoms with Gasteiger partial charge in [-0.25, -0.2) is 13.6 Å². The van der Waals surface area contributed by atoms with Gasteiger partial charge in [0, 0.05) is 11.8 Å². The van der Waals surface area contributed by atoms with Crippen LogP contribution in [-0.2, 0) is 14.8 Å². The molecule has 0 aromatic heterocycles. The molecule has 0 unspecified atom stereocenters. The number of methoxy groups -OCH3 is 2. The number of primary sulfonamides is 1. The summed E-state index contributed by atoms with van der Waals surface area (Å²) in [6.45, 7) is 1.67. The second-order valence-corrected chi connectivity index (χ2v) is 7.06. The van der Waals surface area contributed by atoms with Gasteiger partial charge in [0.05, 0.1) is 24.8 Å². The molecule has 2 rings (SSSR count). The molecule has 140 valence electrons. The molecule has 0 aliphatic rings. The zero-order valence-corrected chi connectivity index (χ0v) is 15.5. The zero-order chi connectivity index (χ0) is 19.3. The molecule has 1 atom stereocenters. The number of hydrogen-bond acceptors (Lipinski definition) is 6. The number of rotatable bonds is 7. The van der Waals surface area contributed by atoms with E-state index in [-0.39, 0.29) is 10.8 Å². The Morgan fingerprint density at radius 3 is 2.46 bits per heavy atom. The lowest BCUT2D eigenvalue weighted by Gasteiger charge is -2.18. The van der Waals surface area contributed by atoms with E-state index in [0.29, 0.717) is 22.9 Å². The van der Waals surface area contributed by atoms with Crippen molar-refractivity contribution in [1.82, 2.24) is 0 Å². The number of benzene rings is 2. The molecule has 26 heavy (non-hydrogen) atoms. The van der Waals surface area contributed by atoms with Crippen molar-refractivity contribution in [1.29, 1.82) is 0 Å². The SMILES string of the molecule is COc1ccc(N[C@@H](C)C(=O)Nc2cccc(S(N)(=O)=O)c2)c(OC)c1. The number of sulfonamides is 1. The topological polar surface area (TPSA) is 120 Å². The molecule has 2 aromatic carbocycles. The van der Waals surface area contributed by atoms with Crippen molar-refractivity contribution in [3.05, 3.63) is 42.5 Å². The number of ether oxygens (including phenoxy) is 2. The number of hydrogen-bond donors (Lipinski definition) is 3. The Morgan fingerprint density at radius 2 is 1.85 bits per heavy atom. The lowest BCUT2D eigenvalue weighted by molar-refractivity contribution is -0.116. The molecule has 9 heteroatoms. The highest BCUT2D eigenvalue weighted by Crippen LogP contribution is 2.29. The van der Waals surface area contributed by atoms with Crippen LogP contribution in [0.25, 0.3) is 0 Å². The average Bonchev–Trinajstić information content (AvgIpc) is 2.61. The monoisotopic (exact) mass is 379 g/mol. The molecule has 0 aliphatic heterocycles. The van der Waals surface area contributed by atoms with Gasteiger partial charge in [-0.3, -0.25) is 4.79 Å². The molecule has 8 nitrogen and oxygen atoms in total. The Balaban J connectivity index is 2.11. The molecule has 1 amide bonds. The summed E-state index contributed by atoms with van der Waals surface area (Å²) in [5, 5.41) is 10.8. The first kappa shape index (κ1) is 19.5. The minimum Gasteiger partial charge on any atom is -0.497 e. The lowest BCUT2D eigenvalue weighted by atomic mass is 10.2. The standard InChI is InChI=1S/C17H21N3O5S/c1-11(19-15-8-7-13(24-2)10-16(15)25-3)17(21)20-12-5-4-6-14(9-12)26(18,22)23/h4-11,19H,1-3H3,(H,20,21)(H2,18,22,23)/t11-/m0/s1. The maximum Gasteiger partial charge on any atom is 0.246 e. The predicted octanol–water partition coefficient (Wildman–Crippen LogP) is 1.79. The van der Waals surface area contributed by atoms with E-state index in [1.165, 1.54) is 25.3 Å². The number of nitrogens with two attached hydrogens (primary N) is 1. The molecular weight excluding hydrogens is 358 g/mol. The molecule has 2 aromatic rings. The van der Waals surface area contributed by atoms with Crippen LogP contribution in [0.15, 0.2) is 47.4 Å². The molecule has 0 bridgehead atoms. The van der Waals surface area contributed by atoms with Crippen LogP contribution >= 0.6 is 0 Å². The second kappa shape index (κ2) is 8.07. The van der Waals surface area contributed by atoms with Crippen LogP contribution in [0.3, 0.4) is 0 Å². The number of amides is 1. The lowest BCUT2D eigenvalue weighted by Crippen LogP contribution is -2.32. The Kier molecular flexibility index (Phi) is 6.06. The van der Waals surface area contributed by atoms with Crippen LogP contribution in [0.2, 0.25) is 0 Å². The van der Waals surface area contributed by atoms with Gasteiger partial charge in [-0.1, -0.05) is 6.07 Å². The fourth-order valence-corrected chi connectivity index (χ4v) is 2.78. The Labute approximate surface area is 152 Å². The van der Waals surface area contributed by atoms with E-state index >= 15 is 0 Å². The summed E-state index contributed by atoms with van der Waals surface area (Å²) in [6.07, 6.45) is 0. The van der Waals surface area contributed by atoms with Gasteiger partial charge in [0.15, 0.2) is 0 Å². The Hall–Kier alpha value is -2.78. The maximum atomic E-state index is 12.4. The van der Waals surface area contributed by atoms with Crippen LogP contribution < -0.4 is 25.2 Å². The van der Waals surface area contributed by atoms with Crippen LogP contribution in [0.4, 0.5) is 11.4 Å². The van der Waals surface area contributed by atoms with Crippen molar-refractivity contribution >= 4 is 27.3 Å². The van der Waals surface area contributed by atoms with E-state index in [0.717, 1.165) is 0 Å². The van der Waals surface area contributed by atoms with Gasteiger partial charge in [0.1, 0.15) is 17.5 Å². The summed E-state index contributed by atoms with van der Waals surface area (Å²) in [5.41, 5.74) is 0.950. The molecule has 4 N–H and O–H groups in total. The molecule has 0 heterocycles. The van der Waals surface area contributed by atoms with Crippen LogP contribution in [0.5, 0.6) is 11.5 Å². The summed E-state index contributed by atoms with van der Waals surface area (Å²) in [6, 6.07) is 10.3. The second-order valence-electron chi connectivity index (χ2n) is 5.49. The fourth-order valence-electron chi connectivity index (χ4n) is 2.22. The Bertz CT molecular complexity index is 899. The predicted molar refractivity (Wildman–Crippen MR) is 99.1 cm³/mol. The number of carbonyl (C=O) groups is 1. The van der Waals surface area contributed by atoms with Gasteiger partial charge < -0.3 is 20.1 Å². The quantitative estimate of drug-likeness (QED) is 0.675. The van der Waals surface area contributed by atoms with Crippen LogP contribution in [-0.4, -0.2) is 34.6 Å². The van der Waals surface area contributed by atoms with Crippen molar-refractivity contribution in [3.8, 4) is 11.5 Å². The van der Waals surface area contributed by atoms with E-state index in [4.69, 9.17) is 14.6 Å². The van der Waals surface area contributed by atoms with Gasteiger partial charge in [0.25, 0.3) is 0 Å². The zero-order valence-electron chi connectivity index (χ0n) is 14.6. The smallest absolute Gasteiger partial charge is 0.246 e. The summed E-state index contributed by atoms with van der Waals surface area (Å²) in [7, 11) is -0.774. The average molecular weight is 379 g/mol. The molecule has 0 saturated heterocycles. The largest absolute Gasteiger partial charge is 0.497 e. The van der Waals surface area contributed by atoms with Crippen LogP contribution in [0, 0.1) is 0 Å². The fraction of sp³-hybridized carbons (Fsp3) is 0.235. The van der Waals surface area contributed by atoms with Gasteiger partial charge >= 0.3 is 0 Å². The molecular formula is C17H21N3O5S. The molecule has 0 aliphatic carbocycles. The van der Waals surface area contributed by atoms with Crippen LogP contribution in [0.1, 0.15) is 6.92 Å². The molecule has 0 fully saturated rings. The highest BCUT2D eigenvalue weighted by Gasteiger charge is 2.16. The van der Waals surface area contributed by atoms with Crippen molar-refractivity contribution in [2.75, 3.05) is 24.9 Å². The third kappa shape index (κ3) is 4.87. The van der Waals surface area contributed by atoms with E-state index < -0.39 is 16.1 Å². The van der Waals surface area contributed by atoms with Gasteiger partial charge in [-0.15, -0.1) is 0 Å². The first-order valence-electron chi connectivity index (χ1n) is 7.67. The first-order chi connectivity index (χ1) is 12.2. The van der Waals surface area contributed by atoms with E-state index in [9.17, 15) is 13.2 Å². The van der Waals surface area contributed by atoms with E-state index in [2.05, 4.69) is 10.6 Å². The van der Waals surface area contributed by atoms with E-state index in [1.54, 1.807) is 38.3 Å². The third-order valence-electron chi connectivity index (χ3n) is 3.60. The number of anilines is 2. The number of carbonyl (C=O) groups excluding carboxylic acids is 1. The summed E-state index contributed by atoms with van der Waals surface area (Å²) >= 11 is 0. The number of nitrogens with one attached hydrogen (secondary N) is 2. The highest BCUT2D eigenvalue weighted by molar-refractivity contribution is 7.89. The molecule has 0 radical (unpaired) electrons. The van der Waals surface area contributed by atoms with Crippen molar-refractivity contribution in [3.63, 3.8) is 0 Å². The van der Waals surface area contributed by atoms with Gasteiger partial charge in [-0.2, -0.15) is 0 Å². The third-order valence-corrected chi connectivity index (χ3v) is 4.52. The summed E-state index contributed by atoms with van der Waals surface area (Å²) in [4.78, 5) is 12.3. The van der Waals surface area contributed by atoms with Gasteiger partial charge in [-0.05, 0) is 37.3 Å². The normalized spacial score (nSPS) is 12.2. The van der Waals surface area contributed by atoms with Crippen molar-refractivity contribution in [2.24, 2.45) is 5.14 Å². The molecule has 0 spiro atoms. The minimum atomic E-state index is -3.84. The maximum absolute atomic E-state index is 12.4. The Morgan fingerprint density at radius 1 is 1.12 bits per heavy atom. The summed E-state index contributed by atoms with van der Waals surface area (Å²) < 4.78 is 33.2. The first-order valence-corrected chi connectivity index (χ1v) is 9.21. The van der Waals surface area contributed by atoms with Crippen molar-refractivity contribution < 1.29 is 22.7 Å². The van der Waals surface area contributed by atoms with Gasteiger partial charge in [0.2, 0.25) is 15.9 Å². The highest BCUT2D eigenvalue weighted by atomic mass is 32.2. The van der Waals surface area contributed by atoms with E-state index in [1.807, 2.05) is 0 Å². The summed E-state index contributed by atoms with van der Waals surface area (Å²) in [5.74, 6) is 0.805. The minimum absolute atomic E-state index is 0.0762. The van der Waals surface area contributed by atoms with Crippen molar-refractivity contribution in [2.45, 2.75) is 17.9 Å².